The number of benzene rings is 1. The van der Waals surface area contributed by atoms with Crippen molar-refractivity contribution >= 4 is 12.0 Å². The summed E-state index contributed by atoms with van der Waals surface area (Å²) in [5.41, 5.74) is 0.368. The Bertz CT molecular complexity index is 867. The van der Waals surface area contributed by atoms with Crippen molar-refractivity contribution in [2.24, 2.45) is 0 Å². The van der Waals surface area contributed by atoms with Gasteiger partial charge < -0.3 is 19.1 Å². The van der Waals surface area contributed by atoms with Crippen molar-refractivity contribution in [3.8, 4) is 5.75 Å². The van der Waals surface area contributed by atoms with Crippen LogP contribution in [0.2, 0.25) is 0 Å². The molecule has 0 fully saturated rings. The van der Waals surface area contributed by atoms with Crippen LogP contribution in [0, 0.1) is 34.1 Å². The van der Waals surface area contributed by atoms with Crippen molar-refractivity contribution in [1.82, 2.24) is 0 Å². The summed E-state index contributed by atoms with van der Waals surface area (Å²) >= 11 is 0. The second-order valence-electron chi connectivity index (χ2n) is 6.21. The molecule has 0 radical (unpaired) electrons. The zero-order valence-electron chi connectivity index (χ0n) is 15.5. The van der Waals surface area contributed by atoms with Gasteiger partial charge in [-0.05, 0) is 31.6 Å². The van der Waals surface area contributed by atoms with Crippen LogP contribution >= 0.6 is 0 Å². The number of carbonyl (C=O) groups is 1. The number of alkyl halides is 3. The van der Waals surface area contributed by atoms with Gasteiger partial charge in [-0.2, -0.15) is 13.2 Å². The zero-order chi connectivity index (χ0) is 22.6. The van der Waals surface area contributed by atoms with Crippen molar-refractivity contribution in [3.63, 3.8) is 0 Å². The molecule has 0 spiro atoms. The van der Waals surface area contributed by atoms with E-state index < -0.39 is 53.3 Å². The third-order valence-corrected chi connectivity index (χ3v) is 3.82. The highest BCUT2D eigenvalue weighted by Gasteiger charge is 2.49. The van der Waals surface area contributed by atoms with Gasteiger partial charge in [0.1, 0.15) is 25.1 Å². The van der Waals surface area contributed by atoms with Gasteiger partial charge >= 0.3 is 12.1 Å². The van der Waals surface area contributed by atoms with Gasteiger partial charge in [-0.1, -0.05) is 11.6 Å². The first-order chi connectivity index (χ1) is 13.9. The summed E-state index contributed by atoms with van der Waals surface area (Å²) in [4.78, 5) is 41.0. The summed E-state index contributed by atoms with van der Waals surface area (Å²) in [6, 6.07) is 3.09. The maximum atomic E-state index is 13.5. The fraction of sp³-hybridized carbons (Fsp3) is 0.438. The lowest BCUT2D eigenvalue weighted by Gasteiger charge is -2.29. The number of nitrogens with zero attached hydrogens (tertiary/aromatic N) is 2. The molecule has 0 amide bonds. The van der Waals surface area contributed by atoms with Gasteiger partial charge in [-0.25, -0.2) is 4.79 Å². The van der Waals surface area contributed by atoms with Gasteiger partial charge in [0, 0.05) is 5.56 Å². The Morgan fingerprint density at radius 2 is 1.73 bits per heavy atom. The fourth-order valence-electron chi connectivity index (χ4n) is 2.71. The second-order valence-corrected chi connectivity index (χ2v) is 6.21. The van der Waals surface area contributed by atoms with E-state index in [1.165, 1.54) is 13.0 Å². The van der Waals surface area contributed by atoms with E-state index in [0.29, 0.717) is 11.1 Å². The molecule has 11 nitrogen and oxygen atoms in total. The lowest BCUT2D eigenvalue weighted by atomic mass is 9.97. The number of carbonyl (C=O) groups excluding carboxylic acids is 1. The Morgan fingerprint density at radius 3 is 2.23 bits per heavy atom. The second kappa shape index (κ2) is 8.84. The van der Waals surface area contributed by atoms with Crippen LogP contribution in [0.1, 0.15) is 16.7 Å². The van der Waals surface area contributed by atoms with Gasteiger partial charge in [0.2, 0.25) is 6.10 Å². The quantitative estimate of drug-likeness (QED) is 0.341. The van der Waals surface area contributed by atoms with Gasteiger partial charge in [-0.3, -0.25) is 0 Å². The number of rotatable bonds is 8. The van der Waals surface area contributed by atoms with Crippen molar-refractivity contribution < 1.29 is 47.3 Å². The van der Waals surface area contributed by atoms with E-state index in [9.17, 15) is 38.2 Å². The first-order valence-electron chi connectivity index (χ1n) is 8.20. The Balaban J connectivity index is 2.34. The Morgan fingerprint density at radius 1 is 1.17 bits per heavy atom. The number of aryl methyl sites for hydroxylation is 2. The van der Waals surface area contributed by atoms with Crippen LogP contribution in [0.4, 0.5) is 13.2 Å². The predicted octanol–water partition coefficient (Wildman–Crippen LogP) is 2.34. The van der Waals surface area contributed by atoms with Crippen LogP contribution in [-0.2, 0) is 19.2 Å². The minimum absolute atomic E-state index is 0.0654. The molecule has 164 valence electrons. The SMILES string of the molecule is Cc1cc(C)c2c(c1)C=C(C(=O)OC(CO[N+](=O)[O-])CO[N+](=O)[O-])C(C(F)(F)F)O2. The lowest BCUT2D eigenvalue weighted by molar-refractivity contribution is -0.768. The van der Waals surface area contributed by atoms with E-state index >= 15 is 0 Å². The number of ether oxygens (including phenoxy) is 2. The molecule has 0 saturated carbocycles. The minimum atomic E-state index is -5.00. The normalized spacial score (nSPS) is 15.5. The molecule has 1 aromatic carbocycles. The molecule has 0 aliphatic carbocycles. The van der Waals surface area contributed by atoms with Gasteiger partial charge in [-0.15, -0.1) is 20.2 Å². The molecule has 0 saturated heterocycles. The highest BCUT2D eigenvalue weighted by Crippen LogP contribution is 2.39. The molecule has 0 aromatic heterocycles. The van der Waals surface area contributed by atoms with Crippen molar-refractivity contribution in [3.05, 3.63) is 54.6 Å². The largest absolute Gasteiger partial charge is 0.475 e. The molecule has 1 aromatic rings. The van der Waals surface area contributed by atoms with Crippen LogP contribution < -0.4 is 4.74 Å². The third-order valence-electron chi connectivity index (χ3n) is 3.82. The average Bonchev–Trinajstić information content (AvgIpc) is 2.61. The maximum absolute atomic E-state index is 13.5. The summed E-state index contributed by atoms with van der Waals surface area (Å²) in [6.45, 7) is 1.24. The number of fused-ring (bicyclic) bond motifs is 1. The summed E-state index contributed by atoms with van der Waals surface area (Å²) in [5, 5.41) is 18.1. The maximum Gasteiger partial charge on any atom is 0.430 e. The molecule has 1 aliphatic heterocycles. The summed E-state index contributed by atoms with van der Waals surface area (Å²) in [5.74, 6) is -1.62. The van der Waals surface area contributed by atoms with Crippen molar-refractivity contribution in [2.75, 3.05) is 13.2 Å². The van der Waals surface area contributed by atoms with E-state index in [0.717, 1.165) is 6.08 Å². The molecule has 1 atom stereocenters. The molecule has 0 N–H and O–H groups in total. The van der Waals surface area contributed by atoms with Crippen LogP contribution in [-0.4, -0.2) is 47.7 Å². The van der Waals surface area contributed by atoms with Crippen LogP contribution in [0.5, 0.6) is 5.75 Å². The molecule has 0 bridgehead atoms. The molecule has 30 heavy (non-hydrogen) atoms. The zero-order valence-corrected chi connectivity index (χ0v) is 15.5. The highest BCUT2D eigenvalue weighted by molar-refractivity contribution is 5.96. The number of halogens is 3. The van der Waals surface area contributed by atoms with Gasteiger partial charge in [0.05, 0.1) is 5.57 Å². The van der Waals surface area contributed by atoms with Crippen LogP contribution in [0.15, 0.2) is 17.7 Å². The Labute approximate surface area is 166 Å². The van der Waals surface area contributed by atoms with Gasteiger partial charge in [0.15, 0.2) is 0 Å². The van der Waals surface area contributed by atoms with E-state index in [4.69, 9.17) is 9.47 Å². The molecular formula is C16H15F3N2O9. The molecule has 2 rings (SSSR count). The summed E-state index contributed by atoms with van der Waals surface area (Å²) in [7, 11) is 0. The Hall–Kier alpha value is -3.58. The first kappa shape index (κ1) is 22.7. The predicted molar refractivity (Wildman–Crippen MR) is 90.1 cm³/mol. The van der Waals surface area contributed by atoms with Crippen molar-refractivity contribution in [1.29, 1.82) is 0 Å². The summed E-state index contributed by atoms with van der Waals surface area (Å²) < 4.78 is 50.3. The Kier molecular flexibility index (Phi) is 6.69. The van der Waals surface area contributed by atoms with E-state index in [-0.39, 0.29) is 11.3 Å². The van der Waals surface area contributed by atoms with Crippen LogP contribution in [0.3, 0.4) is 0 Å². The number of hydrogen-bond acceptors (Lipinski definition) is 9. The standard InChI is InChI=1S/C16H15F3N2O9/c1-8-3-9(2)13-10(4-8)5-12(14(30-13)16(17,18)19)15(22)29-11(6-27-20(23)24)7-28-21(25)26/h3-5,11,14H,6-7H2,1-2H3. The first-order valence-corrected chi connectivity index (χ1v) is 8.20. The van der Waals surface area contributed by atoms with E-state index in [1.54, 1.807) is 13.0 Å². The number of esters is 1. The number of hydrogen-bond donors (Lipinski definition) is 0. The van der Waals surface area contributed by atoms with Crippen LogP contribution in [0.25, 0.3) is 6.08 Å². The van der Waals surface area contributed by atoms with E-state index in [2.05, 4.69) is 9.68 Å². The average molecular weight is 436 g/mol. The third kappa shape index (κ3) is 5.71. The smallest absolute Gasteiger partial charge is 0.430 e. The summed E-state index contributed by atoms with van der Waals surface area (Å²) in [6.07, 6.45) is -8.47. The van der Waals surface area contributed by atoms with Crippen molar-refractivity contribution in [2.45, 2.75) is 32.2 Å². The highest BCUT2D eigenvalue weighted by atomic mass is 19.4. The van der Waals surface area contributed by atoms with Gasteiger partial charge in [0.25, 0.3) is 10.2 Å². The molecule has 1 heterocycles. The topological polar surface area (TPSA) is 140 Å². The molecule has 1 unspecified atom stereocenters. The minimum Gasteiger partial charge on any atom is -0.475 e. The van der Waals surface area contributed by atoms with E-state index in [1.807, 2.05) is 0 Å². The molecular weight excluding hydrogens is 421 g/mol. The lowest BCUT2D eigenvalue weighted by Crippen LogP contribution is -2.42. The fourth-order valence-corrected chi connectivity index (χ4v) is 2.71. The molecule has 14 heteroatoms. The monoisotopic (exact) mass is 436 g/mol. The molecule has 1 aliphatic rings.